The van der Waals surface area contributed by atoms with Gasteiger partial charge in [-0.15, -0.1) is 0 Å². The second-order valence-corrected chi connectivity index (χ2v) is 4.73. The Morgan fingerprint density at radius 3 is 2.35 bits per heavy atom. The normalized spacial score (nSPS) is 10.4. The van der Waals surface area contributed by atoms with Crippen molar-refractivity contribution in [2.45, 2.75) is 0 Å². The summed E-state index contributed by atoms with van der Waals surface area (Å²) in [7, 11) is 0. The van der Waals surface area contributed by atoms with Crippen LogP contribution < -0.4 is 4.74 Å². The van der Waals surface area contributed by atoms with E-state index in [4.69, 9.17) is 27.9 Å². The highest BCUT2D eigenvalue weighted by Crippen LogP contribution is 2.27. The van der Waals surface area contributed by atoms with Gasteiger partial charge < -0.3 is 4.74 Å². The van der Waals surface area contributed by atoms with Gasteiger partial charge >= 0.3 is 0 Å². The van der Waals surface area contributed by atoms with Crippen LogP contribution in [0.3, 0.4) is 0 Å². The van der Waals surface area contributed by atoms with Crippen LogP contribution in [0.2, 0.25) is 10.0 Å². The molecule has 0 saturated heterocycles. The molecule has 2 nitrogen and oxygen atoms in total. The molecule has 0 aliphatic rings. The Kier molecular flexibility index (Phi) is 4.57. The quantitative estimate of drug-likeness (QED) is 0.774. The predicted molar refractivity (Wildman–Crippen MR) is 72.6 cm³/mol. The van der Waals surface area contributed by atoms with E-state index in [0.29, 0.717) is 5.02 Å². The summed E-state index contributed by atoms with van der Waals surface area (Å²) in [6.45, 7) is -0.529. The van der Waals surface area contributed by atoms with Crippen LogP contribution in [-0.2, 0) is 0 Å². The van der Waals surface area contributed by atoms with Crippen molar-refractivity contribution in [2.75, 3.05) is 6.61 Å². The van der Waals surface area contributed by atoms with E-state index in [0.717, 1.165) is 12.1 Å². The number of rotatable bonds is 4. The van der Waals surface area contributed by atoms with Gasteiger partial charge in [-0.1, -0.05) is 29.3 Å². The number of ether oxygens (including phenoxy) is 1. The lowest BCUT2D eigenvalue weighted by molar-refractivity contribution is 0.0913. The van der Waals surface area contributed by atoms with E-state index >= 15 is 0 Å². The molecular weight excluding hydrogens is 309 g/mol. The maximum Gasteiger partial charge on any atom is 0.206 e. The van der Waals surface area contributed by atoms with Gasteiger partial charge in [0.1, 0.15) is 17.4 Å². The molecule has 0 aromatic heterocycles. The number of ketones is 1. The van der Waals surface area contributed by atoms with Gasteiger partial charge in [0.25, 0.3) is 0 Å². The Morgan fingerprint density at radius 2 is 1.75 bits per heavy atom. The van der Waals surface area contributed by atoms with Crippen LogP contribution in [0.5, 0.6) is 5.75 Å². The van der Waals surface area contributed by atoms with Gasteiger partial charge in [-0.05, 0) is 30.3 Å². The Hall–Kier alpha value is -1.65. The van der Waals surface area contributed by atoms with Gasteiger partial charge in [0, 0.05) is 5.02 Å². The molecule has 0 aliphatic carbocycles. The highest BCUT2D eigenvalue weighted by molar-refractivity contribution is 6.35. The first-order chi connectivity index (χ1) is 9.49. The van der Waals surface area contributed by atoms with Crippen molar-refractivity contribution in [1.82, 2.24) is 0 Å². The van der Waals surface area contributed by atoms with Crippen molar-refractivity contribution in [3.05, 3.63) is 63.6 Å². The molecule has 0 unspecified atom stereocenters. The molecule has 0 spiro atoms. The van der Waals surface area contributed by atoms with Gasteiger partial charge in [-0.2, -0.15) is 0 Å². The van der Waals surface area contributed by atoms with E-state index in [1.807, 2.05) is 0 Å². The first kappa shape index (κ1) is 14.8. The van der Waals surface area contributed by atoms with Gasteiger partial charge in [-0.3, -0.25) is 4.79 Å². The van der Waals surface area contributed by atoms with Crippen molar-refractivity contribution >= 4 is 29.0 Å². The fraction of sp³-hybridized carbons (Fsp3) is 0.0714. The standard InChI is InChI=1S/C14H8Cl2F2O2/c15-8-4-5-13(9(16)6-8)20-7-12(19)14-10(17)2-1-3-11(14)18/h1-6H,7H2. The average Bonchev–Trinajstić information content (AvgIpc) is 2.37. The van der Waals surface area contributed by atoms with Crippen LogP contribution in [0.4, 0.5) is 8.78 Å². The van der Waals surface area contributed by atoms with Gasteiger partial charge in [-0.25, -0.2) is 8.78 Å². The van der Waals surface area contributed by atoms with E-state index in [2.05, 4.69) is 0 Å². The van der Waals surface area contributed by atoms with Crippen LogP contribution in [0, 0.1) is 11.6 Å². The third kappa shape index (κ3) is 3.26. The Labute approximate surface area is 123 Å². The topological polar surface area (TPSA) is 26.3 Å². The highest BCUT2D eigenvalue weighted by atomic mass is 35.5. The van der Waals surface area contributed by atoms with Crippen molar-refractivity contribution in [3.63, 3.8) is 0 Å². The molecule has 2 rings (SSSR count). The molecule has 2 aromatic rings. The molecule has 0 atom stereocenters. The summed E-state index contributed by atoms with van der Waals surface area (Å²) in [5.74, 6) is -2.46. The first-order valence-electron chi connectivity index (χ1n) is 5.54. The first-order valence-corrected chi connectivity index (χ1v) is 6.29. The highest BCUT2D eigenvalue weighted by Gasteiger charge is 2.17. The molecule has 0 aliphatic heterocycles. The van der Waals surface area contributed by atoms with Gasteiger partial charge in [0.05, 0.1) is 10.6 Å². The Morgan fingerprint density at radius 1 is 1.10 bits per heavy atom. The molecule has 104 valence electrons. The second-order valence-electron chi connectivity index (χ2n) is 3.88. The monoisotopic (exact) mass is 316 g/mol. The van der Waals surface area contributed by atoms with Crippen molar-refractivity contribution in [2.24, 2.45) is 0 Å². The van der Waals surface area contributed by atoms with Gasteiger partial charge in [0.2, 0.25) is 5.78 Å². The lowest BCUT2D eigenvalue weighted by atomic mass is 10.1. The maximum atomic E-state index is 13.4. The van der Waals surface area contributed by atoms with E-state index in [1.54, 1.807) is 0 Å². The molecule has 0 radical (unpaired) electrons. The summed E-state index contributed by atoms with van der Waals surface area (Å²) < 4.78 is 31.9. The Bertz CT molecular complexity index is 639. The van der Waals surface area contributed by atoms with Crippen molar-refractivity contribution in [3.8, 4) is 5.75 Å². The number of carbonyl (C=O) groups excluding carboxylic acids is 1. The van der Waals surface area contributed by atoms with E-state index in [1.165, 1.54) is 24.3 Å². The third-order valence-electron chi connectivity index (χ3n) is 2.49. The van der Waals surface area contributed by atoms with Crippen LogP contribution >= 0.6 is 23.2 Å². The zero-order chi connectivity index (χ0) is 14.7. The maximum absolute atomic E-state index is 13.4. The summed E-state index contributed by atoms with van der Waals surface area (Å²) in [4.78, 5) is 11.8. The molecule has 0 amide bonds. The van der Waals surface area contributed by atoms with Crippen molar-refractivity contribution < 1.29 is 18.3 Å². The molecule has 0 N–H and O–H groups in total. The number of benzene rings is 2. The van der Waals surface area contributed by atoms with Gasteiger partial charge in [0.15, 0.2) is 6.61 Å². The zero-order valence-corrected chi connectivity index (χ0v) is 11.5. The van der Waals surface area contributed by atoms with Crippen LogP contribution in [0.1, 0.15) is 10.4 Å². The molecule has 0 saturated carbocycles. The van der Waals surface area contributed by atoms with E-state index in [9.17, 15) is 13.6 Å². The minimum atomic E-state index is -0.930. The Balaban J connectivity index is 2.13. The van der Waals surface area contributed by atoms with Crippen LogP contribution in [-0.4, -0.2) is 12.4 Å². The SMILES string of the molecule is O=C(COc1ccc(Cl)cc1Cl)c1c(F)cccc1F. The summed E-state index contributed by atoms with van der Waals surface area (Å²) in [5.41, 5.74) is -0.627. The third-order valence-corrected chi connectivity index (χ3v) is 3.02. The average molecular weight is 317 g/mol. The minimum absolute atomic E-state index is 0.208. The largest absolute Gasteiger partial charge is 0.484 e. The number of hydrogen-bond donors (Lipinski definition) is 0. The predicted octanol–water partition coefficient (Wildman–Crippen LogP) is 4.53. The van der Waals surface area contributed by atoms with Crippen molar-refractivity contribution in [1.29, 1.82) is 0 Å². The molecule has 6 heteroatoms. The number of hydrogen-bond acceptors (Lipinski definition) is 2. The van der Waals surface area contributed by atoms with Crippen LogP contribution in [0.15, 0.2) is 36.4 Å². The second kappa shape index (κ2) is 6.20. The summed E-state index contributed by atoms with van der Waals surface area (Å²) in [6.07, 6.45) is 0. The fourth-order valence-electron chi connectivity index (χ4n) is 1.57. The molecule has 20 heavy (non-hydrogen) atoms. The molecule has 2 aromatic carbocycles. The summed E-state index contributed by atoms with van der Waals surface area (Å²) >= 11 is 11.6. The summed E-state index contributed by atoms with van der Waals surface area (Å²) in [6, 6.07) is 7.62. The molecule has 0 heterocycles. The van der Waals surface area contributed by atoms with E-state index in [-0.39, 0.29) is 10.8 Å². The number of carbonyl (C=O) groups is 1. The number of halogens is 4. The summed E-state index contributed by atoms with van der Waals surface area (Å²) in [5, 5.41) is 0.619. The minimum Gasteiger partial charge on any atom is -0.484 e. The van der Waals surface area contributed by atoms with Crippen LogP contribution in [0.25, 0.3) is 0 Å². The molecule has 0 fully saturated rings. The number of Topliss-reactive ketones (excluding diaryl/α,β-unsaturated/α-hetero) is 1. The van der Waals surface area contributed by atoms with E-state index < -0.39 is 29.6 Å². The fourth-order valence-corrected chi connectivity index (χ4v) is 2.03. The zero-order valence-electron chi connectivity index (χ0n) is 10.00. The smallest absolute Gasteiger partial charge is 0.206 e. The molecular formula is C14H8Cl2F2O2. The molecule has 0 bridgehead atoms. The lowest BCUT2D eigenvalue weighted by Gasteiger charge is -2.08. The lowest BCUT2D eigenvalue weighted by Crippen LogP contribution is -2.15.